The normalized spacial score (nSPS) is 11.1. The number of rotatable bonds is 3. The summed E-state index contributed by atoms with van der Waals surface area (Å²) in [5, 5.41) is 1.16. The van der Waals surface area contributed by atoms with E-state index in [9.17, 15) is 4.39 Å². The fraction of sp³-hybridized carbons (Fsp3) is 0.133. The Bertz CT molecular complexity index is 704. The van der Waals surface area contributed by atoms with Gasteiger partial charge in [-0.1, -0.05) is 12.1 Å². The van der Waals surface area contributed by atoms with Crippen LogP contribution >= 0.6 is 15.9 Å². The second kappa shape index (κ2) is 5.13. The van der Waals surface area contributed by atoms with E-state index in [0.717, 1.165) is 33.9 Å². The first-order chi connectivity index (χ1) is 9.24. The topological polar surface area (TPSA) is 17.8 Å². The zero-order valence-corrected chi connectivity index (χ0v) is 11.8. The quantitative estimate of drug-likeness (QED) is 0.708. The predicted octanol–water partition coefficient (Wildman–Crippen LogP) is 4.18. The number of hydrogen-bond donors (Lipinski definition) is 0. The minimum Gasteiger partial charge on any atom is -0.345 e. The molecule has 3 aromatic rings. The molecule has 0 N–H and O–H groups in total. The molecule has 0 aliphatic carbocycles. The molecule has 0 spiro atoms. The lowest BCUT2D eigenvalue weighted by molar-refractivity contribution is 0.626. The predicted molar refractivity (Wildman–Crippen MR) is 77.5 cm³/mol. The summed E-state index contributed by atoms with van der Waals surface area (Å²) in [5.74, 6) is -0.192. The number of nitrogens with zero attached hydrogens (tertiary/aromatic N) is 2. The van der Waals surface area contributed by atoms with Gasteiger partial charge in [0.05, 0.1) is 11.7 Å². The molecule has 0 bridgehead atoms. The van der Waals surface area contributed by atoms with Crippen LogP contribution in [0.25, 0.3) is 10.9 Å². The number of hydrogen-bond acceptors (Lipinski definition) is 1. The Morgan fingerprint density at radius 1 is 1.16 bits per heavy atom. The average Bonchev–Trinajstić information content (AvgIpc) is 2.76. The minimum absolute atomic E-state index is 0.192. The van der Waals surface area contributed by atoms with Crippen LogP contribution in [0.4, 0.5) is 4.39 Å². The highest BCUT2D eigenvalue weighted by Gasteiger charge is 2.06. The van der Waals surface area contributed by atoms with Crippen LogP contribution in [0.15, 0.2) is 53.4 Å². The lowest BCUT2D eigenvalue weighted by Gasteiger charge is -2.05. The van der Waals surface area contributed by atoms with Crippen molar-refractivity contribution >= 4 is 26.8 Å². The van der Waals surface area contributed by atoms with Crippen molar-refractivity contribution in [3.63, 3.8) is 0 Å². The van der Waals surface area contributed by atoms with E-state index < -0.39 is 0 Å². The molecule has 3 rings (SSSR count). The van der Waals surface area contributed by atoms with Gasteiger partial charge in [-0.05, 0) is 46.1 Å². The van der Waals surface area contributed by atoms with Crippen molar-refractivity contribution < 1.29 is 4.39 Å². The largest absolute Gasteiger partial charge is 0.345 e. The SMILES string of the molecule is Fc1ccc(CCn2cc(Br)c3ccncc32)cc1. The van der Waals surface area contributed by atoms with Crippen LogP contribution in [0, 0.1) is 5.82 Å². The van der Waals surface area contributed by atoms with Gasteiger partial charge in [0.15, 0.2) is 0 Å². The molecular formula is C15H12BrFN2. The molecule has 2 aromatic heterocycles. The molecule has 2 nitrogen and oxygen atoms in total. The average molecular weight is 319 g/mol. The van der Waals surface area contributed by atoms with Crippen molar-refractivity contribution in [1.82, 2.24) is 9.55 Å². The molecule has 0 fully saturated rings. The molecule has 2 heterocycles. The molecule has 0 radical (unpaired) electrons. The molecule has 1 aromatic carbocycles. The molecule has 0 aliphatic rings. The van der Waals surface area contributed by atoms with Crippen LogP contribution in [-0.2, 0) is 13.0 Å². The standard InChI is InChI=1S/C15H12BrFN2/c16-14-10-19(15-9-18-7-5-13(14)15)8-6-11-1-3-12(17)4-2-11/h1-5,7,9-10H,6,8H2. The smallest absolute Gasteiger partial charge is 0.123 e. The third-order valence-corrected chi connectivity index (χ3v) is 3.82. The maximum Gasteiger partial charge on any atom is 0.123 e. The van der Waals surface area contributed by atoms with Crippen LogP contribution in [0.3, 0.4) is 0 Å². The third kappa shape index (κ3) is 2.54. The summed E-state index contributed by atoms with van der Waals surface area (Å²) in [5.41, 5.74) is 2.24. The van der Waals surface area contributed by atoms with Crippen LogP contribution in [0.2, 0.25) is 0 Å². The molecule has 0 amide bonds. The Balaban J connectivity index is 1.84. The molecule has 4 heteroatoms. The van der Waals surface area contributed by atoms with Gasteiger partial charge in [0, 0.05) is 28.8 Å². The lowest BCUT2D eigenvalue weighted by atomic mass is 10.1. The van der Waals surface area contributed by atoms with E-state index in [1.54, 1.807) is 6.20 Å². The molecule has 96 valence electrons. The van der Waals surface area contributed by atoms with Gasteiger partial charge >= 0.3 is 0 Å². The van der Waals surface area contributed by atoms with Gasteiger partial charge < -0.3 is 4.57 Å². The van der Waals surface area contributed by atoms with Crippen molar-refractivity contribution in [1.29, 1.82) is 0 Å². The summed E-state index contributed by atoms with van der Waals surface area (Å²) in [4.78, 5) is 4.16. The van der Waals surface area contributed by atoms with Gasteiger partial charge in [-0.3, -0.25) is 4.98 Å². The molecule has 0 aliphatic heterocycles. The maximum absolute atomic E-state index is 12.8. The Morgan fingerprint density at radius 2 is 1.95 bits per heavy atom. The van der Waals surface area contributed by atoms with Crippen molar-refractivity contribution in [3.05, 3.63) is 64.8 Å². The number of aromatic nitrogens is 2. The van der Waals surface area contributed by atoms with Gasteiger partial charge in [-0.25, -0.2) is 4.39 Å². The van der Waals surface area contributed by atoms with Gasteiger partial charge in [-0.15, -0.1) is 0 Å². The Labute approximate surface area is 119 Å². The number of fused-ring (bicyclic) bond motifs is 1. The summed E-state index contributed by atoms with van der Waals surface area (Å²) in [6.07, 6.45) is 6.59. The van der Waals surface area contributed by atoms with Crippen molar-refractivity contribution in [3.8, 4) is 0 Å². The second-order valence-electron chi connectivity index (χ2n) is 4.44. The summed E-state index contributed by atoms with van der Waals surface area (Å²) in [7, 11) is 0. The lowest BCUT2D eigenvalue weighted by Crippen LogP contribution is -1.99. The molecule has 19 heavy (non-hydrogen) atoms. The maximum atomic E-state index is 12.8. The number of aryl methyl sites for hydroxylation is 2. The highest BCUT2D eigenvalue weighted by Crippen LogP contribution is 2.25. The Morgan fingerprint density at radius 3 is 2.74 bits per heavy atom. The van der Waals surface area contributed by atoms with Gasteiger partial charge in [0.1, 0.15) is 5.82 Å². The third-order valence-electron chi connectivity index (χ3n) is 3.19. The zero-order valence-electron chi connectivity index (χ0n) is 10.2. The van der Waals surface area contributed by atoms with E-state index >= 15 is 0 Å². The fourth-order valence-electron chi connectivity index (χ4n) is 2.18. The zero-order chi connectivity index (χ0) is 13.2. The van der Waals surface area contributed by atoms with Crippen LogP contribution in [0.5, 0.6) is 0 Å². The van der Waals surface area contributed by atoms with Crippen LogP contribution in [0.1, 0.15) is 5.56 Å². The molecule has 0 atom stereocenters. The van der Waals surface area contributed by atoms with Gasteiger partial charge in [-0.2, -0.15) is 0 Å². The van der Waals surface area contributed by atoms with Crippen LogP contribution < -0.4 is 0 Å². The Kier molecular flexibility index (Phi) is 3.34. The van der Waals surface area contributed by atoms with Crippen molar-refractivity contribution in [2.75, 3.05) is 0 Å². The minimum atomic E-state index is -0.192. The number of halogens is 2. The molecule has 0 unspecified atom stereocenters. The molecule has 0 saturated carbocycles. The first kappa shape index (κ1) is 12.4. The van der Waals surface area contributed by atoms with Gasteiger partial charge in [0.2, 0.25) is 0 Å². The van der Waals surface area contributed by atoms with E-state index in [4.69, 9.17) is 0 Å². The fourth-order valence-corrected chi connectivity index (χ4v) is 2.76. The van der Waals surface area contributed by atoms with E-state index in [-0.39, 0.29) is 5.82 Å². The summed E-state index contributed by atoms with van der Waals surface area (Å²) < 4.78 is 16.1. The Hall–Kier alpha value is -1.68. The van der Waals surface area contributed by atoms with E-state index in [1.165, 1.54) is 12.1 Å². The van der Waals surface area contributed by atoms with E-state index in [2.05, 4.69) is 31.7 Å². The monoisotopic (exact) mass is 318 g/mol. The summed E-state index contributed by atoms with van der Waals surface area (Å²) in [6, 6.07) is 8.65. The first-order valence-corrected chi connectivity index (χ1v) is 6.86. The highest BCUT2D eigenvalue weighted by molar-refractivity contribution is 9.10. The first-order valence-electron chi connectivity index (χ1n) is 6.07. The number of benzene rings is 1. The summed E-state index contributed by atoms with van der Waals surface area (Å²) in [6.45, 7) is 0.847. The van der Waals surface area contributed by atoms with Crippen LogP contribution in [-0.4, -0.2) is 9.55 Å². The van der Waals surface area contributed by atoms with Crippen molar-refractivity contribution in [2.45, 2.75) is 13.0 Å². The van der Waals surface area contributed by atoms with Gasteiger partial charge in [0.25, 0.3) is 0 Å². The number of pyridine rings is 1. The van der Waals surface area contributed by atoms with E-state index in [1.807, 2.05) is 24.4 Å². The highest BCUT2D eigenvalue weighted by atomic mass is 79.9. The van der Waals surface area contributed by atoms with E-state index in [0.29, 0.717) is 0 Å². The van der Waals surface area contributed by atoms with Crippen molar-refractivity contribution in [2.24, 2.45) is 0 Å². The molecule has 0 saturated heterocycles. The molecular weight excluding hydrogens is 307 g/mol. The second-order valence-corrected chi connectivity index (χ2v) is 5.29. The summed E-state index contributed by atoms with van der Waals surface area (Å²) >= 11 is 3.56.